The van der Waals surface area contributed by atoms with Crippen molar-refractivity contribution in [3.05, 3.63) is 71.8 Å². The molecule has 1 atom stereocenters. The molecule has 5 heteroatoms. The molecule has 0 aliphatic carbocycles. The van der Waals surface area contributed by atoms with E-state index in [4.69, 9.17) is 0 Å². The third-order valence-electron chi connectivity index (χ3n) is 6.02. The molecule has 2 aliphatic rings. The van der Waals surface area contributed by atoms with E-state index >= 15 is 0 Å². The summed E-state index contributed by atoms with van der Waals surface area (Å²) in [4.78, 5) is 3.08. The van der Waals surface area contributed by atoms with E-state index in [1.807, 2.05) is 0 Å². The number of quaternary nitrogens is 2. The number of piperazine rings is 1. The molecule has 0 aromatic heterocycles. The Balaban J connectivity index is 1.50. The van der Waals surface area contributed by atoms with Crippen LogP contribution in [0.4, 0.5) is 0 Å². The molecule has 4 rings (SSSR count). The van der Waals surface area contributed by atoms with Gasteiger partial charge in [0.15, 0.2) is 9.84 Å². The Morgan fingerprint density at radius 2 is 1.35 bits per heavy atom. The van der Waals surface area contributed by atoms with E-state index < -0.39 is 9.84 Å². The fraction of sp³-hybridized carbons (Fsp3) is 0.429. The first-order valence-corrected chi connectivity index (χ1v) is 11.4. The van der Waals surface area contributed by atoms with E-state index in [9.17, 15) is 8.42 Å². The number of rotatable bonds is 4. The average Bonchev–Trinajstić information content (AvgIpc) is 3.04. The highest BCUT2D eigenvalue weighted by Crippen LogP contribution is 2.19. The Morgan fingerprint density at radius 1 is 0.808 bits per heavy atom. The number of hydrogen-bond donors (Lipinski definition) is 2. The standard InChI is InChI=1S/C21H26N2O2S/c24-26(25)16-11-20(17-26)22-12-14-23(15-13-22)21(18-7-3-1-4-8-18)19-9-5-2-6-10-19/h1-10,20-21H,11-17H2/p+2/t20-/m1/s1. The van der Waals surface area contributed by atoms with Crippen LogP contribution in [-0.2, 0) is 9.84 Å². The highest BCUT2D eigenvalue weighted by atomic mass is 32.2. The van der Waals surface area contributed by atoms with Crippen LogP contribution in [0.1, 0.15) is 23.6 Å². The molecule has 2 fully saturated rings. The van der Waals surface area contributed by atoms with Gasteiger partial charge in [-0.3, -0.25) is 0 Å². The lowest BCUT2D eigenvalue weighted by atomic mass is 9.96. The van der Waals surface area contributed by atoms with Crippen LogP contribution in [0.3, 0.4) is 0 Å². The summed E-state index contributed by atoms with van der Waals surface area (Å²) in [5.74, 6) is 0.771. The first kappa shape index (κ1) is 17.7. The van der Waals surface area contributed by atoms with E-state index in [0.717, 1.165) is 32.6 Å². The minimum Gasteiger partial charge on any atom is -0.322 e. The normalized spacial score (nSPS) is 28.3. The van der Waals surface area contributed by atoms with Crippen molar-refractivity contribution < 1.29 is 18.2 Å². The van der Waals surface area contributed by atoms with Gasteiger partial charge in [-0.25, -0.2) is 8.42 Å². The molecule has 2 N–H and O–H groups in total. The quantitative estimate of drug-likeness (QED) is 0.777. The van der Waals surface area contributed by atoms with Crippen LogP contribution >= 0.6 is 0 Å². The first-order valence-electron chi connectivity index (χ1n) is 9.62. The number of hydrogen-bond acceptors (Lipinski definition) is 2. The van der Waals surface area contributed by atoms with Gasteiger partial charge in [-0.15, -0.1) is 0 Å². The van der Waals surface area contributed by atoms with Crippen molar-refractivity contribution in [1.82, 2.24) is 0 Å². The predicted octanol–water partition coefficient (Wildman–Crippen LogP) is -0.253. The Hall–Kier alpha value is -1.69. The largest absolute Gasteiger partial charge is 0.322 e. The summed E-state index contributed by atoms with van der Waals surface area (Å²) in [6, 6.07) is 22.2. The molecule has 26 heavy (non-hydrogen) atoms. The Labute approximate surface area is 156 Å². The summed E-state index contributed by atoms with van der Waals surface area (Å²) in [6.45, 7) is 4.29. The van der Waals surface area contributed by atoms with Crippen LogP contribution < -0.4 is 9.80 Å². The number of nitrogens with one attached hydrogen (secondary N) is 2. The lowest BCUT2D eigenvalue weighted by Gasteiger charge is -2.37. The zero-order chi connectivity index (χ0) is 18.0. The Morgan fingerprint density at radius 3 is 1.81 bits per heavy atom. The average molecular weight is 373 g/mol. The van der Waals surface area contributed by atoms with Crippen LogP contribution in [0.5, 0.6) is 0 Å². The third kappa shape index (κ3) is 3.85. The second-order valence-corrected chi connectivity index (χ2v) is 9.90. The van der Waals surface area contributed by atoms with Gasteiger partial charge in [0, 0.05) is 17.5 Å². The molecule has 0 spiro atoms. The second-order valence-electron chi connectivity index (χ2n) is 7.67. The zero-order valence-electron chi connectivity index (χ0n) is 15.1. The minimum atomic E-state index is -2.79. The van der Waals surface area contributed by atoms with E-state index in [0.29, 0.717) is 23.6 Å². The first-order chi connectivity index (χ1) is 12.6. The molecule has 2 aliphatic heterocycles. The topological polar surface area (TPSA) is 43.0 Å². The molecular formula is C21H28N2O2S+2. The molecule has 2 aromatic carbocycles. The van der Waals surface area contributed by atoms with E-state index in [-0.39, 0.29) is 0 Å². The zero-order valence-corrected chi connectivity index (χ0v) is 15.9. The van der Waals surface area contributed by atoms with E-state index in [2.05, 4.69) is 60.7 Å². The van der Waals surface area contributed by atoms with Gasteiger partial charge in [-0.05, 0) is 0 Å². The van der Waals surface area contributed by atoms with Crippen LogP contribution in [0.2, 0.25) is 0 Å². The van der Waals surface area contributed by atoms with Crippen molar-refractivity contribution in [2.24, 2.45) is 0 Å². The van der Waals surface area contributed by atoms with Gasteiger partial charge in [0.25, 0.3) is 0 Å². The lowest BCUT2D eigenvalue weighted by Crippen LogP contribution is -3.29. The summed E-state index contributed by atoms with van der Waals surface area (Å²) in [5, 5.41) is 0. The second kappa shape index (κ2) is 7.51. The molecule has 0 unspecified atom stereocenters. The highest BCUT2D eigenvalue weighted by Gasteiger charge is 2.39. The molecule has 2 aromatic rings. The van der Waals surface area contributed by atoms with Gasteiger partial charge in [0.05, 0.1) is 5.75 Å². The molecular weight excluding hydrogens is 344 g/mol. The minimum absolute atomic E-state index is 0.313. The van der Waals surface area contributed by atoms with Gasteiger partial charge < -0.3 is 9.80 Å². The maximum absolute atomic E-state index is 11.8. The highest BCUT2D eigenvalue weighted by molar-refractivity contribution is 7.91. The van der Waals surface area contributed by atoms with Crippen molar-refractivity contribution >= 4 is 9.84 Å². The maximum Gasteiger partial charge on any atom is 0.156 e. The van der Waals surface area contributed by atoms with Crippen LogP contribution in [0.15, 0.2) is 60.7 Å². The fourth-order valence-corrected chi connectivity index (χ4v) is 6.49. The van der Waals surface area contributed by atoms with Crippen LogP contribution in [0.25, 0.3) is 0 Å². The molecule has 0 amide bonds. The molecule has 0 radical (unpaired) electrons. The number of benzene rings is 2. The van der Waals surface area contributed by atoms with Crippen molar-refractivity contribution in [3.63, 3.8) is 0 Å². The van der Waals surface area contributed by atoms with Gasteiger partial charge in [-0.1, -0.05) is 60.7 Å². The Kier molecular flexibility index (Phi) is 5.11. The van der Waals surface area contributed by atoms with Gasteiger partial charge in [0.1, 0.15) is 44.0 Å². The molecule has 2 heterocycles. The summed E-state index contributed by atoms with van der Waals surface area (Å²) in [7, 11) is -2.79. The van der Waals surface area contributed by atoms with Crippen molar-refractivity contribution in [2.75, 3.05) is 37.7 Å². The fourth-order valence-electron chi connectivity index (χ4n) is 4.66. The summed E-state index contributed by atoms with van der Waals surface area (Å²) in [5.41, 5.74) is 2.72. The van der Waals surface area contributed by atoms with Crippen molar-refractivity contribution in [3.8, 4) is 0 Å². The third-order valence-corrected chi connectivity index (χ3v) is 7.79. The molecule has 138 valence electrons. The summed E-state index contributed by atoms with van der Waals surface area (Å²) in [6.07, 6.45) is 0.841. The molecule has 0 saturated carbocycles. The van der Waals surface area contributed by atoms with Gasteiger partial charge in [0.2, 0.25) is 0 Å². The summed E-state index contributed by atoms with van der Waals surface area (Å²) >= 11 is 0. The molecule has 2 saturated heterocycles. The SMILES string of the molecule is O=S1(=O)CC[C@@H]([NH+]2CC[NH+](C(c3ccccc3)c3ccccc3)CC2)C1. The van der Waals surface area contributed by atoms with Gasteiger partial charge >= 0.3 is 0 Å². The molecule has 4 nitrogen and oxygen atoms in total. The smallest absolute Gasteiger partial charge is 0.156 e. The van der Waals surface area contributed by atoms with Crippen LogP contribution in [0, 0.1) is 0 Å². The van der Waals surface area contributed by atoms with Crippen molar-refractivity contribution in [2.45, 2.75) is 18.5 Å². The van der Waals surface area contributed by atoms with Crippen molar-refractivity contribution in [1.29, 1.82) is 0 Å². The van der Waals surface area contributed by atoms with Gasteiger partial charge in [-0.2, -0.15) is 0 Å². The van der Waals surface area contributed by atoms with E-state index in [1.165, 1.54) is 16.0 Å². The van der Waals surface area contributed by atoms with E-state index in [1.54, 1.807) is 4.90 Å². The monoisotopic (exact) mass is 372 g/mol. The summed E-state index contributed by atoms with van der Waals surface area (Å²) < 4.78 is 23.6. The van der Waals surface area contributed by atoms with Crippen LogP contribution in [-0.4, -0.2) is 52.1 Å². The molecule has 0 bridgehead atoms. The lowest BCUT2D eigenvalue weighted by molar-refractivity contribution is -1.03. The Bertz CT molecular complexity index is 776. The predicted molar refractivity (Wildman–Crippen MR) is 103 cm³/mol. The maximum atomic E-state index is 11.8. The number of sulfone groups is 1.